The Balaban J connectivity index is 1.63. The third kappa shape index (κ3) is 5.95. The molecule has 186 valence electrons. The highest BCUT2D eigenvalue weighted by molar-refractivity contribution is 8.00. The van der Waals surface area contributed by atoms with Crippen molar-refractivity contribution in [1.82, 2.24) is 20.2 Å². The van der Waals surface area contributed by atoms with E-state index in [1.165, 1.54) is 24.1 Å². The van der Waals surface area contributed by atoms with Crippen LogP contribution in [0, 0.1) is 0 Å². The largest absolute Gasteiger partial charge is 0.487 e. The monoisotopic (exact) mass is 514 g/mol. The number of pyridine rings is 2. The molecule has 3 aromatic heterocycles. The minimum Gasteiger partial charge on any atom is -0.487 e. The average Bonchev–Trinajstić information content (AvgIpc) is 3.29. The van der Waals surface area contributed by atoms with E-state index in [9.17, 15) is 18.0 Å². The molecule has 0 aliphatic carbocycles. The van der Waals surface area contributed by atoms with Crippen LogP contribution in [0.4, 0.5) is 30.5 Å². The molecule has 4 aromatic rings. The zero-order chi connectivity index (χ0) is 25.5. The molecule has 36 heavy (non-hydrogen) atoms. The van der Waals surface area contributed by atoms with Crippen molar-refractivity contribution in [3.8, 4) is 17.0 Å². The molecule has 0 atom stereocenters. The minimum atomic E-state index is -4.59. The molecule has 12 heteroatoms. The highest BCUT2D eigenvalue weighted by Crippen LogP contribution is 2.35. The zero-order valence-electron chi connectivity index (χ0n) is 19.0. The number of anilines is 3. The van der Waals surface area contributed by atoms with Crippen LogP contribution in [0.2, 0.25) is 0 Å². The highest BCUT2D eigenvalue weighted by atomic mass is 32.2. The van der Waals surface area contributed by atoms with E-state index in [0.717, 1.165) is 23.1 Å². The van der Waals surface area contributed by atoms with E-state index in [1.54, 1.807) is 24.5 Å². The molecule has 3 N–H and O–H groups in total. The second-order valence-electron chi connectivity index (χ2n) is 7.40. The number of nitrogens with zero attached hydrogens (tertiary/aromatic N) is 3. The summed E-state index contributed by atoms with van der Waals surface area (Å²) in [5.74, 6) is 1.41. The smallest absolute Gasteiger partial charge is 0.433 e. The zero-order valence-corrected chi connectivity index (χ0v) is 19.8. The number of aromatic amines is 1. The number of carbonyl (C=O) groups excluding carboxylic acids is 1. The van der Waals surface area contributed by atoms with Crippen molar-refractivity contribution in [3.63, 3.8) is 0 Å². The first kappa shape index (κ1) is 25.0. The Kier molecular flexibility index (Phi) is 7.74. The molecule has 8 nitrogen and oxygen atoms in total. The molecule has 0 aliphatic rings. The van der Waals surface area contributed by atoms with Crippen LogP contribution in [0.1, 0.15) is 28.5 Å². The Morgan fingerprint density at radius 1 is 1.14 bits per heavy atom. The first-order valence-corrected chi connectivity index (χ1v) is 11.8. The summed E-state index contributed by atoms with van der Waals surface area (Å²) in [4.78, 5) is 19.5. The SMILES string of the molecule is CCSNc1ccc(-c2n[nH]c(Nc3cccc(C(F)(F)F)n3)c2C=O)cc1OCc1ccncc1. The molecule has 0 saturated carbocycles. The summed E-state index contributed by atoms with van der Waals surface area (Å²) >= 11 is 1.50. The summed E-state index contributed by atoms with van der Waals surface area (Å²) in [6.07, 6.45) is -0.668. The number of halogens is 3. The fourth-order valence-corrected chi connectivity index (χ4v) is 3.70. The maximum Gasteiger partial charge on any atom is 0.433 e. The average molecular weight is 515 g/mol. The standard InChI is InChI=1S/C24H21F3N6O2S/c1-2-36-33-18-7-6-16(12-19(18)35-14-15-8-10-28-11-9-15)22-17(13-34)23(32-31-22)30-21-5-3-4-20(29-21)24(25,26)27/h3-13,33H,2,14H2,1H3,(H2,29,30,31,32). The quantitative estimate of drug-likeness (QED) is 0.172. The maximum atomic E-state index is 13.0. The molecule has 3 heterocycles. The number of aldehydes is 1. The van der Waals surface area contributed by atoms with E-state index in [0.29, 0.717) is 29.9 Å². The molecule has 4 rings (SSSR count). The number of rotatable bonds is 10. The van der Waals surface area contributed by atoms with Gasteiger partial charge in [0, 0.05) is 23.7 Å². The van der Waals surface area contributed by atoms with Crippen LogP contribution < -0.4 is 14.8 Å². The normalized spacial score (nSPS) is 11.2. The van der Waals surface area contributed by atoms with E-state index in [1.807, 2.05) is 25.1 Å². The van der Waals surface area contributed by atoms with Gasteiger partial charge in [-0.15, -0.1) is 0 Å². The second-order valence-corrected chi connectivity index (χ2v) is 8.47. The van der Waals surface area contributed by atoms with Crippen molar-refractivity contribution in [1.29, 1.82) is 0 Å². The first-order chi connectivity index (χ1) is 17.4. The Bertz CT molecular complexity index is 1330. The van der Waals surface area contributed by atoms with Crippen LogP contribution in [0.3, 0.4) is 0 Å². The van der Waals surface area contributed by atoms with Gasteiger partial charge in [0.15, 0.2) is 6.29 Å². The van der Waals surface area contributed by atoms with Gasteiger partial charge in [-0.1, -0.05) is 31.0 Å². The molecule has 0 saturated heterocycles. The number of alkyl halides is 3. The molecular weight excluding hydrogens is 493 g/mol. The molecule has 0 aliphatic heterocycles. The van der Waals surface area contributed by atoms with Crippen LogP contribution in [-0.4, -0.2) is 32.2 Å². The second kappa shape index (κ2) is 11.1. The van der Waals surface area contributed by atoms with Crippen molar-refractivity contribution in [2.24, 2.45) is 0 Å². The lowest BCUT2D eigenvalue weighted by atomic mass is 10.1. The van der Waals surface area contributed by atoms with Crippen molar-refractivity contribution < 1.29 is 22.7 Å². The first-order valence-electron chi connectivity index (χ1n) is 10.8. The van der Waals surface area contributed by atoms with Gasteiger partial charge < -0.3 is 14.8 Å². The number of hydrogen-bond donors (Lipinski definition) is 3. The summed E-state index contributed by atoms with van der Waals surface area (Å²) in [6.45, 7) is 2.31. The number of hydrogen-bond acceptors (Lipinski definition) is 8. The van der Waals surface area contributed by atoms with Gasteiger partial charge in [-0.2, -0.15) is 18.3 Å². The highest BCUT2D eigenvalue weighted by Gasteiger charge is 2.32. The van der Waals surface area contributed by atoms with Gasteiger partial charge >= 0.3 is 6.18 Å². The molecule has 0 radical (unpaired) electrons. The van der Waals surface area contributed by atoms with Gasteiger partial charge in [0.25, 0.3) is 0 Å². The van der Waals surface area contributed by atoms with Gasteiger partial charge in [0.2, 0.25) is 0 Å². The summed E-state index contributed by atoms with van der Waals surface area (Å²) in [5, 5.41) is 9.61. The number of aromatic nitrogens is 4. The lowest BCUT2D eigenvalue weighted by molar-refractivity contribution is -0.141. The molecule has 1 aromatic carbocycles. The summed E-state index contributed by atoms with van der Waals surface area (Å²) < 4.78 is 48.3. The van der Waals surface area contributed by atoms with Crippen LogP contribution in [0.15, 0.2) is 60.9 Å². The van der Waals surface area contributed by atoms with Gasteiger partial charge in [-0.05, 0) is 42.0 Å². The Morgan fingerprint density at radius 3 is 2.67 bits per heavy atom. The van der Waals surface area contributed by atoms with Crippen LogP contribution in [0.5, 0.6) is 5.75 Å². The lowest BCUT2D eigenvalue weighted by Crippen LogP contribution is -2.09. The van der Waals surface area contributed by atoms with E-state index >= 15 is 0 Å². The molecule has 0 fully saturated rings. The lowest BCUT2D eigenvalue weighted by Gasteiger charge is -2.14. The molecule has 0 bridgehead atoms. The Morgan fingerprint density at radius 2 is 1.94 bits per heavy atom. The predicted molar refractivity (Wildman–Crippen MR) is 132 cm³/mol. The van der Waals surface area contributed by atoms with Crippen LogP contribution >= 0.6 is 11.9 Å². The fourth-order valence-electron chi connectivity index (χ4n) is 3.23. The van der Waals surface area contributed by atoms with Crippen molar-refractivity contribution in [2.45, 2.75) is 19.7 Å². The van der Waals surface area contributed by atoms with Crippen molar-refractivity contribution in [2.75, 3.05) is 15.8 Å². The number of H-pyrrole nitrogens is 1. The third-order valence-corrected chi connectivity index (χ3v) is 5.59. The summed E-state index contributed by atoms with van der Waals surface area (Å²) in [6, 6.07) is 12.5. The van der Waals surface area contributed by atoms with Gasteiger partial charge in [-0.3, -0.25) is 14.9 Å². The Labute approximate surface area is 208 Å². The van der Waals surface area contributed by atoms with Crippen molar-refractivity contribution in [3.05, 3.63) is 77.7 Å². The minimum absolute atomic E-state index is 0.0827. The van der Waals surface area contributed by atoms with Gasteiger partial charge in [0.05, 0.1) is 11.3 Å². The van der Waals surface area contributed by atoms with Crippen LogP contribution in [0.25, 0.3) is 11.3 Å². The number of nitrogens with one attached hydrogen (secondary N) is 3. The molecule has 0 amide bonds. The summed E-state index contributed by atoms with van der Waals surface area (Å²) in [7, 11) is 0. The molecule has 0 spiro atoms. The number of carbonyl (C=O) groups is 1. The Hall–Kier alpha value is -4.06. The topological polar surface area (TPSA) is 105 Å². The van der Waals surface area contributed by atoms with Crippen molar-refractivity contribution >= 4 is 35.6 Å². The number of ether oxygens (including phenoxy) is 1. The summed E-state index contributed by atoms with van der Waals surface area (Å²) in [5.41, 5.74) is 1.65. The van der Waals surface area contributed by atoms with Gasteiger partial charge in [-0.25, -0.2) is 4.98 Å². The molecule has 0 unspecified atom stereocenters. The van der Waals surface area contributed by atoms with E-state index in [2.05, 4.69) is 30.2 Å². The third-order valence-electron chi connectivity index (χ3n) is 4.94. The van der Waals surface area contributed by atoms with E-state index in [4.69, 9.17) is 4.74 Å². The van der Waals surface area contributed by atoms with E-state index in [-0.39, 0.29) is 17.2 Å². The molecular formula is C24H21F3N6O2S. The number of benzene rings is 1. The van der Waals surface area contributed by atoms with Crippen LogP contribution in [-0.2, 0) is 12.8 Å². The maximum absolute atomic E-state index is 13.0. The predicted octanol–water partition coefficient (Wildman–Crippen LogP) is 6.10. The fraction of sp³-hybridized carbons (Fsp3) is 0.167. The van der Waals surface area contributed by atoms with Gasteiger partial charge in [0.1, 0.15) is 35.4 Å². The van der Waals surface area contributed by atoms with E-state index < -0.39 is 11.9 Å².